The number of nitrogens with two attached hydrogens (primary N) is 1. The van der Waals surface area contributed by atoms with Gasteiger partial charge in [0.25, 0.3) is 0 Å². The van der Waals surface area contributed by atoms with Gasteiger partial charge in [-0.1, -0.05) is 0 Å². The first-order chi connectivity index (χ1) is 15.8. The van der Waals surface area contributed by atoms with Crippen molar-refractivity contribution in [2.24, 2.45) is 5.73 Å². The maximum Gasteiger partial charge on any atom is 0.326 e. The molecule has 14 nitrogen and oxygen atoms in total. The lowest BCUT2D eigenvalue weighted by molar-refractivity contribution is -0.143. The van der Waals surface area contributed by atoms with Crippen molar-refractivity contribution in [2.75, 3.05) is 6.54 Å². The molecule has 34 heavy (non-hydrogen) atoms. The zero-order valence-corrected chi connectivity index (χ0v) is 18.9. The van der Waals surface area contributed by atoms with Crippen molar-refractivity contribution in [1.82, 2.24) is 16.0 Å². The quantitative estimate of drug-likeness (QED) is 0.108. The Morgan fingerprint density at radius 3 is 1.62 bits per heavy atom. The van der Waals surface area contributed by atoms with E-state index in [1.54, 1.807) is 0 Å². The summed E-state index contributed by atoms with van der Waals surface area (Å²) in [7, 11) is 0. The Labute approximate surface area is 195 Å². The third-order valence-electron chi connectivity index (χ3n) is 4.61. The van der Waals surface area contributed by atoms with Gasteiger partial charge in [-0.15, -0.1) is 0 Å². The first-order valence-corrected chi connectivity index (χ1v) is 10.6. The van der Waals surface area contributed by atoms with E-state index in [4.69, 9.17) is 15.9 Å². The number of carboxylic acids is 3. The van der Waals surface area contributed by atoms with Crippen LogP contribution in [0, 0.1) is 0 Å². The van der Waals surface area contributed by atoms with Crippen molar-refractivity contribution in [3.8, 4) is 0 Å². The number of nitrogens with one attached hydrogen (secondary N) is 3. The summed E-state index contributed by atoms with van der Waals surface area (Å²) in [6, 6.07) is -3.82. The van der Waals surface area contributed by atoms with Gasteiger partial charge in [0.15, 0.2) is 0 Å². The van der Waals surface area contributed by atoms with E-state index < -0.39 is 53.8 Å². The number of hydrogen-bond acceptors (Lipinski definition) is 8. The van der Waals surface area contributed by atoms with Crippen LogP contribution in [0.25, 0.3) is 0 Å². The molecule has 0 aliphatic rings. The van der Waals surface area contributed by atoms with Crippen LogP contribution in [0.15, 0.2) is 0 Å². The van der Waals surface area contributed by atoms with Crippen molar-refractivity contribution < 1.29 is 48.9 Å². The Hall–Kier alpha value is -3.55. The van der Waals surface area contributed by atoms with Gasteiger partial charge in [0.05, 0.1) is 0 Å². The third kappa shape index (κ3) is 14.5. The fourth-order valence-electron chi connectivity index (χ4n) is 2.65. The maximum absolute atomic E-state index is 12.0. The van der Waals surface area contributed by atoms with Crippen LogP contribution in [0.4, 0.5) is 0 Å². The molecule has 3 atom stereocenters. The van der Waals surface area contributed by atoms with Crippen LogP contribution in [0.1, 0.15) is 58.3 Å². The van der Waals surface area contributed by atoms with Crippen LogP contribution in [-0.4, -0.2) is 81.4 Å². The van der Waals surface area contributed by atoms with Crippen LogP contribution in [0.2, 0.25) is 0 Å². The average molecular weight is 488 g/mol. The molecule has 0 unspecified atom stereocenters. The van der Waals surface area contributed by atoms with Gasteiger partial charge in [0, 0.05) is 32.2 Å². The predicted octanol–water partition coefficient (Wildman–Crippen LogP) is -1.64. The van der Waals surface area contributed by atoms with Gasteiger partial charge in [-0.3, -0.25) is 19.2 Å². The van der Waals surface area contributed by atoms with Crippen molar-refractivity contribution in [1.29, 1.82) is 0 Å². The standard InChI is InChI=1S/C20H32N4O10/c1-11(25)4-6-13(19(31)32)24-17(28)9-7-14(20(33)34)23-16(27)3-2-10-22-15(26)8-5-12(21)18(29)30/h12-14H,2-10,21H2,1H3,(H,22,26)(H,23,27)(H,24,28)(H,29,30)(H,31,32)(H,33,34)/t12-,13-,14-/m0/s1. The van der Waals surface area contributed by atoms with E-state index in [-0.39, 0.29) is 63.7 Å². The molecule has 0 aliphatic heterocycles. The van der Waals surface area contributed by atoms with Gasteiger partial charge >= 0.3 is 17.9 Å². The second kappa shape index (κ2) is 16.1. The Morgan fingerprint density at radius 1 is 0.676 bits per heavy atom. The fourth-order valence-corrected chi connectivity index (χ4v) is 2.65. The van der Waals surface area contributed by atoms with E-state index in [2.05, 4.69) is 16.0 Å². The van der Waals surface area contributed by atoms with E-state index in [1.807, 2.05) is 0 Å². The summed E-state index contributed by atoms with van der Waals surface area (Å²) >= 11 is 0. The summed E-state index contributed by atoms with van der Waals surface area (Å²) in [6.45, 7) is 1.39. The maximum atomic E-state index is 12.0. The smallest absolute Gasteiger partial charge is 0.326 e. The average Bonchev–Trinajstić information content (AvgIpc) is 2.74. The number of rotatable bonds is 18. The monoisotopic (exact) mass is 488 g/mol. The molecule has 14 heteroatoms. The number of aliphatic carboxylic acids is 3. The number of ketones is 1. The third-order valence-corrected chi connectivity index (χ3v) is 4.61. The number of amides is 3. The van der Waals surface area contributed by atoms with E-state index in [0.717, 1.165) is 0 Å². The number of carboxylic acid groups (broad SMARTS) is 3. The number of Topliss-reactive ketones (excluding diaryl/α,β-unsaturated/α-hetero) is 1. The van der Waals surface area contributed by atoms with Crippen LogP contribution in [0.5, 0.6) is 0 Å². The highest BCUT2D eigenvalue weighted by Gasteiger charge is 2.24. The van der Waals surface area contributed by atoms with Crippen LogP contribution < -0.4 is 21.7 Å². The molecule has 192 valence electrons. The molecule has 0 heterocycles. The topological polar surface area (TPSA) is 242 Å². The highest BCUT2D eigenvalue weighted by Crippen LogP contribution is 2.04. The van der Waals surface area contributed by atoms with Gasteiger partial charge in [-0.05, 0) is 32.6 Å². The molecular weight excluding hydrogens is 456 g/mol. The molecule has 8 N–H and O–H groups in total. The van der Waals surface area contributed by atoms with Crippen LogP contribution in [-0.2, 0) is 33.6 Å². The predicted molar refractivity (Wildman–Crippen MR) is 115 cm³/mol. The Bertz CT molecular complexity index is 770. The molecule has 0 spiro atoms. The highest BCUT2D eigenvalue weighted by molar-refractivity contribution is 5.86. The zero-order valence-electron chi connectivity index (χ0n) is 18.9. The Morgan fingerprint density at radius 2 is 1.15 bits per heavy atom. The summed E-state index contributed by atoms with van der Waals surface area (Å²) in [5, 5.41) is 34.0. The van der Waals surface area contributed by atoms with Crippen LogP contribution in [0.3, 0.4) is 0 Å². The summed E-state index contributed by atoms with van der Waals surface area (Å²) in [4.78, 5) is 79.7. The minimum atomic E-state index is -1.38. The van der Waals surface area contributed by atoms with Crippen molar-refractivity contribution in [3.63, 3.8) is 0 Å². The summed E-state index contributed by atoms with van der Waals surface area (Å²) in [5.41, 5.74) is 5.29. The van der Waals surface area contributed by atoms with E-state index >= 15 is 0 Å². The molecule has 0 saturated carbocycles. The van der Waals surface area contributed by atoms with Gasteiger partial charge in [0.1, 0.15) is 23.9 Å². The lowest BCUT2D eigenvalue weighted by atomic mass is 10.1. The molecule has 0 aromatic heterocycles. The van der Waals surface area contributed by atoms with Gasteiger partial charge < -0.3 is 41.8 Å². The summed E-state index contributed by atoms with van der Waals surface area (Å²) < 4.78 is 0. The lowest BCUT2D eigenvalue weighted by Crippen LogP contribution is -2.44. The molecule has 0 fully saturated rings. The molecule has 0 rings (SSSR count). The minimum Gasteiger partial charge on any atom is -0.480 e. The summed E-state index contributed by atoms with van der Waals surface area (Å²) in [6.07, 6.45) is -0.857. The first-order valence-electron chi connectivity index (χ1n) is 10.6. The fraction of sp³-hybridized carbons (Fsp3) is 0.650. The normalized spacial score (nSPS) is 13.1. The van der Waals surface area contributed by atoms with E-state index in [9.17, 15) is 38.7 Å². The molecule has 0 radical (unpaired) electrons. The van der Waals surface area contributed by atoms with Gasteiger partial charge in [0.2, 0.25) is 17.7 Å². The molecule has 0 bridgehead atoms. The Balaban J connectivity index is 4.37. The summed E-state index contributed by atoms with van der Waals surface area (Å²) in [5.74, 6) is -5.96. The number of carbonyl (C=O) groups excluding carboxylic acids is 4. The van der Waals surface area contributed by atoms with E-state index in [0.29, 0.717) is 0 Å². The largest absolute Gasteiger partial charge is 0.480 e. The second-order valence-electron chi connectivity index (χ2n) is 7.63. The Kier molecular flexibility index (Phi) is 14.4. The minimum absolute atomic E-state index is 0.0403. The SMILES string of the molecule is CC(=O)CC[C@H](NC(=O)CC[C@H](NC(=O)CCCNC(=O)CC[C@H](N)C(=O)O)C(=O)O)C(=O)O. The highest BCUT2D eigenvalue weighted by atomic mass is 16.4. The first kappa shape index (κ1) is 30.4. The van der Waals surface area contributed by atoms with Crippen molar-refractivity contribution >= 4 is 41.4 Å². The zero-order chi connectivity index (χ0) is 26.3. The van der Waals surface area contributed by atoms with Crippen molar-refractivity contribution in [2.45, 2.75) is 76.4 Å². The van der Waals surface area contributed by atoms with Crippen molar-refractivity contribution in [3.05, 3.63) is 0 Å². The number of carbonyl (C=O) groups is 7. The second-order valence-corrected chi connectivity index (χ2v) is 7.63. The molecule has 0 aromatic rings. The molecular formula is C20H32N4O10. The molecule has 0 aliphatic carbocycles. The van der Waals surface area contributed by atoms with Crippen LogP contribution >= 0.6 is 0 Å². The molecule has 0 saturated heterocycles. The molecule has 0 aromatic carbocycles. The molecule has 3 amide bonds. The number of hydrogen-bond donors (Lipinski definition) is 7. The lowest BCUT2D eigenvalue weighted by Gasteiger charge is -2.16. The van der Waals surface area contributed by atoms with Gasteiger partial charge in [-0.25, -0.2) is 9.59 Å². The van der Waals surface area contributed by atoms with Gasteiger partial charge in [-0.2, -0.15) is 0 Å². The van der Waals surface area contributed by atoms with E-state index in [1.165, 1.54) is 6.92 Å².